The third-order valence-electron chi connectivity index (χ3n) is 1.69. The minimum Gasteiger partial charge on any atom is -0.299 e. The molecule has 0 unspecified atom stereocenters. The fraction of sp³-hybridized carbons (Fsp3) is 0.750. The van der Waals surface area contributed by atoms with E-state index < -0.39 is 0 Å². The molecule has 0 bridgehead atoms. The van der Waals surface area contributed by atoms with E-state index in [-0.39, 0.29) is 18.1 Å². The molecule has 0 N–H and O–H groups in total. The van der Waals surface area contributed by atoms with Crippen LogP contribution in [0.2, 0.25) is 0 Å². The van der Waals surface area contributed by atoms with Crippen LogP contribution in [0.15, 0.2) is 0 Å². The van der Waals surface area contributed by atoms with Gasteiger partial charge in [0.05, 0.1) is 6.42 Å². The lowest BCUT2D eigenvalue weighted by atomic mass is 9.97. The van der Waals surface area contributed by atoms with Gasteiger partial charge in [-0.3, -0.25) is 9.59 Å². The second kappa shape index (κ2) is 5.15. The summed E-state index contributed by atoms with van der Waals surface area (Å²) in [6.07, 6.45) is 3.24. The highest BCUT2D eigenvalue weighted by Gasteiger charge is 2.12. The highest BCUT2D eigenvalue weighted by molar-refractivity contribution is 5.91. The SMILES string of the molecule is CCC(CC)C(=O)C[C]=O. The Morgan fingerprint density at radius 2 is 1.90 bits per heavy atom. The first kappa shape index (κ1) is 9.34. The van der Waals surface area contributed by atoms with Crippen LogP contribution in [0.5, 0.6) is 0 Å². The Kier molecular flexibility index (Phi) is 4.81. The summed E-state index contributed by atoms with van der Waals surface area (Å²) in [5, 5.41) is 0. The van der Waals surface area contributed by atoms with Gasteiger partial charge in [0.25, 0.3) is 0 Å². The predicted octanol–water partition coefficient (Wildman–Crippen LogP) is 1.49. The third-order valence-corrected chi connectivity index (χ3v) is 1.69. The maximum Gasteiger partial charge on any atom is 0.206 e. The van der Waals surface area contributed by atoms with E-state index in [1.165, 1.54) is 0 Å². The molecule has 0 aliphatic heterocycles. The summed E-state index contributed by atoms with van der Waals surface area (Å²) in [5.41, 5.74) is 0. The molecule has 0 amide bonds. The van der Waals surface area contributed by atoms with Gasteiger partial charge >= 0.3 is 0 Å². The standard InChI is InChI=1S/C8H13O2/c1-3-7(4-2)8(10)5-6-9/h7H,3-5H2,1-2H3. The number of carbonyl (C=O) groups excluding carboxylic acids is 2. The zero-order chi connectivity index (χ0) is 7.98. The minimum atomic E-state index is -0.0354. The van der Waals surface area contributed by atoms with Crippen molar-refractivity contribution in [3.8, 4) is 0 Å². The van der Waals surface area contributed by atoms with Gasteiger partial charge in [0.1, 0.15) is 5.78 Å². The molecule has 0 aromatic carbocycles. The van der Waals surface area contributed by atoms with Gasteiger partial charge in [-0.1, -0.05) is 13.8 Å². The lowest BCUT2D eigenvalue weighted by Gasteiger charge is -2.06. The highest BCUT2D eigenvalue weighted by atomic mass is 16.1. The van der Waals surface area contributed by atoms with Crippen molar-refractivity contribution in [3.05, 3.63) is 0 Å². The first-order valence-electron chi connectivity index (χ1n) is 3.63. The molecule has 10 heavy (non-hydrogen) atoms. The normalized spacial score (nSPS) is 9.90. The van der Waals surface area contributed by atoms with E-state index in [9.17, 15) is 9.59 Å². The molecule has 0 heterocycles. The van der Waals surface area contributed by atoms with Crippen LogP contribution >= 0.6 is 0 Å². The first-order valence-corrected chi connectivity index (χ1v) is 3.63. The zero-order valence-corrected chi connectivity index (χ0v) is 6.52. The van der Waals surface area contributed by atoms with Crippen LogP contribution in [0.25, 0.3) is 0 Å². The van der Waals surface area contributed by atoms with Crippen LogP contribution in [0.3, 0.4) is 0 Å². The van der Waals surface area contributed by atoms with E-state index in [0.29, 0.717) is 0 Å². The Morgan fingerprint density at radius 3 is 2.20 bits per heavy atom. The Hall–Kier alpha value is -0.660. The Bertz CT molecular complexity index is 114. The summed E-state index contributed by atoms with van der Waals surface area (Å²) in [7, 11) is 0. The first-order chi connectivity index (χ1) is 4.76. The van der Waals surface area contributed by atoms with Crippen LogP contribution in [-0.2, 0) is 9.59 Å². The van der Waals surface area contributed by atoms with Gasteiger partial charge in [-0.2, -0.15) is 0 Å². The molecule has 0 spiro atoms. The van der Waals surface area contributed by atoms with Crippen molar-refractivity contribution in [1.82, 2.24) is 0 Å². The molecule has 0 aromatic heterocycles. The second-order valence-corrected chi connectivity index (χ2v) is 2.30. The van der Waals surface area contributed by atoms with Crippen molar-refractivity contribution in [2.24, 2.45) is 5.92 Å². The number of ketones is 1. The van der Waals surface area contributed by atoms with E-state index in [1.54, 1.807) is 6.29 Å². The molecule has 0 aliphatic rings. The minimum absolute atomic E-state index is 0.0278. The summed E-state index contributed by atoms with van der Waals surface area (Å²) < 4.78 is 0. The molecule has 0 atom stereocenters. The summed E-state index contributed by atoms with van der Waals surface area (Å²) >= 11 is 0. The largest absolute Gasteiger partial charge is 0.299 e. The predicted molar refractivity (Wildman–Crippen MR) is 39.4 cm³/mol. The third kappa shape index (κ3) is 2.76. The number of rotatable bonds is 5. The summed E-state index contributed by atoms with van der Waals surface area (Å²) in [6, 6.07) is 0. The summed E-state index contributed by atoms with van der Waals surface area (Å²) in [4.78, 5) is 20.7. The monoisotopic (exact) mass is 141 g/mol. The lowest BCUT2D eigenvalue weighted by molar-refractivity contribution is -0.121. The molecule has 1 radical (unpaired) electrons. The molecule has 2 nitrogen and oxygen atoms in total. The van der Waals surface area contributed by atoms with Gasteiger partial charge in [-0.05, 0) is 12.8 Å². The van der Waals surface area contributed by atoms with Crippen molar-refractivity contribution in [2.75, 3.05) is 0 Å². The topological polar surface area (TPSA) is 34.1 Å². The molecule has 0 saturated heterocycles. The summed E-state index contributed by atoms with van der Waals surface area (Å²) in [6.45, 7) is 3.91. The maximum atomic E-state index is 10.9. The van der Waals surface area contributed by atoms with Gasteiger partial charge in [0.15, 0.2) is 0 Å². The molecule has 0 saturated carbocycles. The molecule has 57 valence electrons. The van der Waals surface area contributed by atoms with E-state index in [4.69, 9.17) is 0 Å². The molecular weight excluding hydrogens is 128 g/mol. The van der Waals surface area contributed by atoms with Crippen LogP contribution in [0, 0.1) is 5.92 Å². The molecule has 2 heteroatoms. The van der Waals surface area contributed by atoms with Gasteiger partial charge in [0.2, 0.25) is 6.29 Å². The average molecular weight is 141 g/mol. The fourth-order valence-electron chi connectivity index (χ4n) is 0.959. The van der Waals surface area contributed by atoms with E-state index in [1.807, 2.05) is 13.8 Å². The smallest absolute Gasteiger partial charge is 0.206 e. The van der Waals surface area contributed by atoms with E-state index >= 15 is 0 Å². The van der Waals surface area contributed by atoms with Gasteiger partial charge in [-0.25, -0.2) is 0 Å². The molecule has 0 aliphatic carbocycles. The van der Waals surface area contributed by atoms with Gasteiger partial charge in [0, 0.05) is 5.92 Å². The van der Waals surface area contributed by atoms with E-state index in [2.05, 4.69) is 0 Å². The molecule has 0 aromatic rings. The molecular formula is C8H13O2. The quantitative estimate of drug-likeness (QED) is 0.543. The van der Waals surface area contributed by atoms with Crippen molar-refractivity contribution in [3.63, 3.8) is 0 Å². The van der Waals surface area contributed by atoms with E-state index in [0.717, 1.165) is 12.8 Å². The second-order valence-electron chi connectivity index (χ2n) is 2.30. The Balaban J connectivity index is 3.76. The maximum absolute atomic E-state index is 10.9. The van der Waals surface area contributed by atoms with Crippen molar-refractivity contribution >= 4 is 12.1 Å². The van der Waals surface area contributed by atoms with Crippen LogP contribution in [-0.4, -0.2) is 12.1 Å². The highest BCUT2D eigenvalue weighted by Crippen LogP contribution is 2.09. The fourth-order valence-corrected chi connectivity index (χ4v) is 0.959. The number of carbonyl (C=O) groups is 1. The lowest BCUT2D eigenvalue weighted by Crippen LogP contribution is -2.12. The average Bonchev–Trinajstić information content (AvgIpc) is 1.91. The molecule has 0 fully saturated rings. The van der Waals surface area contributed by atoms with Gasteiger partial charge in [-0.15, -0.1) is 0 Å². The Morgan fingerprint density at radius 1 is 1.40 bits per heavy atom. The zero-order valence-electron chi connectivity index (χ0n) is 6.52. The van der Waals surface area contributed by atoms with Crippen molar-refractivity contribution < 1.29 is 9.59 Å². The van der Waals surface area contributed by atoms with Crippen molar-refractivity contribution in [1.29, 1.82) is 0 Å². The summed E-state index contributed by atoms with van der Waals surface area (Å²) in [5.74, 6) is 0.0986. The van der Waals surface area contributed by atoms with Crippen LogP contribution in [0.1, 0.15) is 33.1 Å². The number of hydrogen-bond acceptors (Lipinski definition) is 2. The van der Waals surface area contributed by atoms with Crippen LogP contribution in [0.4, 0.5) is 0 Å². The number of Topliss-reactive ketones (excluding diaryl/α,β-unsaturated/α-hetero) is 1. The molecule has 0 rings (SSSR count). The van der Waals surface area contributed by atoms with Crippen LogP contribution < -0.4 is 0 Å². The van der Waals surface area contributed by atoms with Crippen molar-refractivity contribution in [2.45, 2.75) is 33.1 Å². The number of hydrogen-bond donors (Lipinski definition) is 0. The Labute approximate surface area is 61.6 Å². The van der Waals surface area contributed by atoms with Gasteiger partial charge < -0.3 is 0 Å².